The van der Waals surface area contributed by atoms with Crippen molar-refractivity contribution in [3.05, 3.63) is 59.4 Å². The second-order valence-electron chi connectivity index (χ2n) is 7.05. The first-order valence-electron chi connectivity index (χ1n) is 9.42. The van der Waals surface area contributed by atoms with Crippen molar-refractivity contribution in [2.24, 2.45) is 0 Å². The van der Waals surface area contributed by atoms with Gasteiger partial charge in [-0.3, -0.25) is 14.7 Å². The highest BCUT2D eigenvalue weighted by molar-refractivity contribution is 8.00. The van der Waals surface area contributed by atoms with Crippen molar-refractivity contribution in [2.45, 2.75) is 30.7 Å². The molecule has 1 saturated heterocycles. The zero-order valence-electron chi connectivity index (χ0n) is 15.1. The van der Waals surface area contributed by atoms with Crippen molar-refractivity contribution in [1.29, 1.82) is 0 Å². The molecule has 136 valence electrons. The zero-order valence-corrected chi connectivity index (χ0v) is 15.9. The van der Waals surface area contributed by atoms with E-state index in [4.69, 9.17) is 0 Å². The second kappa shape index (κ2) is 8.23. The highest BCUT2D eigenvalue weighted by atomic mass is 32.2. The Bertz CT molecular complexity index is 757. The summed E-state index contributed by atoms with van der Waals surface area (Å²) in [6.45, 7) is 4.34. The topological polar surface area (TPSA) is 36.4 Å². The molecule has 1 fully saturated rings. The summed E-state index contributed by atoms with van der Waals surface area (Å²) in [5, 5.41) is 0. The van der Waals surface area contributed by atoms with Gasteiger partial charge in [0.05, 0.1) is 11.4 Å². The maximum atomic E-state index is 12.5. The number of rotatable bonds is 5. The first-order chi connectivity index (χ1) is 12.8. The van der Waals surface area contributed by atoms with Crippen LogP contribution >= 0.6 is 11.8 Å². The van der Waals surface area contributed by atoms with Gasteiger partial charge in [-0.25, -0.2) is 0 Å². The van der Waals surface area contributed by atoms with Gasteiger partial charge in [-0.05, 0) is 54.7 Å². The number of carbonyl (C=O) groups excluding carboxylic acids is 1. The highest BCUT2D eigenvalue weighted by Crippen LogP contribution is 2.27. The van der Waals surface area contributed by atoms with Crippen LogP contribution < -0.4 is 0 Å². The summed E-state index contributed by atoms with van der Waals surface area (Å²) >= 11 is 1.68. The Balaban J connectivity index is 1.23. The fraction of sp³-hybridized carbons (Fsp3) is 0.429. The number of hydrogen-bond acceptors (Lipinski definition) is 4. The molecule has 0 radical (unpaired) electrons. The Kier molecular flexibility index (Phi) is 5.56. The van der Waals surface area contributed by atoms with Crippen LogP contribution in [0, 0.1) is 0 Å². The fourth-order valence-corrected chi connectivity index (χ4v) is 4.61. The monoisotopic (exact) mass is 367 g/mol. The highest BCUT2D eigenvalue weighted by Gasteiger charge is 2.21. The Hall–Kier alpha value is -1.85. The van der Waals surface area contributed by atoms with Gasteiger partial charge in [-0.1, -0.05) is 12.1 Å². The van der Waals surface area contributed by atoms with Gasteiger partial charge >= 0.3 is 0 Å². The van der Waals surface area contributed by atoms with Crippen molar-refractivity contribution >= 4 is 17.7 Å². The van der Waals surface area contributed by atoms with E-state index in [0.717, 1.165) is 38.4 Å². The van der Waals surface area contributed by atoms with Gasteiger partial charge < -0.3 is 4.90 Å². The molecule has 0 bridgehead atoms. The number of amides is 1. The third-order valence-electron chi connectivity index (χ3n) is 5.27. The second-order valence-corrected chi connectivity index (χ2v) is 8.10. The van der Waals surface area contributed by atoms with E-state index >= 15 is 0 Å². The van der Waals surface area contributed by atoms with E-state index in [1.165, 1.54) is 35.3 Å². The van der Waals surface area contributed by atoms with E-state index in [1.807, 2.05) is 23.2 Å². The number of thioether (sulfide) groups is 1. The predicted molar refractivity (Wildman–Crippen MR) is 105 cm³/mol. The van der Waals surface area contributed by atoms with Crippen LogP contribution in [0.4, 0.5) is 0 Å². The molecule has 1 aromatic heterocycles. The molecule has 1 amide bonds. The molecule has 0 N–H and O–H groups in total. The Morgan fingerprint density at radius 1 is 1.04 bits per heavy atom. The molecule has 0 atom stereocenters. The normalized spacial score (nSPS) is 17.3. The van der Waals surface area contributed by atoms with Crippen LogP contribution in [-0.4, -0.2) is 52.6 Å². The number of piperazine rings is 1. The molecule has 1 aliphatic carbocycles. The molecule has 4 rings (SSSR count). The number of carbonyl (C=O) groups is 1. The lowest BCUT2D eigenvalue weighted by Crippen LogP contribution is -2.48. The van der Waals surface area contributed by atoms with Crippen LogP contribution in [0.3, 0.4) is 0 Å². The number of aryl methyl sites for hydroxylation is 2. The number of benzene rings is 1. The molecule has 1 aromatic carbocycles. The van der Waals surface area contributed by atoms with Crippen molar-refractivity contribution in [3.8, 4) is 0 Å². The third kappa shape index (κ3) is 4.27. The lowest BCUT2D eigenvalue weighted by atomic mass is 10.1. The molecule has 2 aromatic rings. The first kappa shape index (κ1) is 17.6. The van der Waals surface area contributed by atoms with Crippen LogP contribution in [0.15, 0.2) is 47.5 Å². The number of aromatic nitrogens is 1. The van der Waals surface area contributed by atoms with Gasteiger partial charge in [0.15, 0.2) is 0 Å². The summed E-state index contributed by atoms with van der Waals surface area (Å²) in [6.07, 6.45) is 5.51. The fourth-order valence-electron chi connectivity index (χ4n) is 3.75. The molecule has 26 heavy (non-hydrogen) atoms. The Morgan fingerprint density at radius 2 is 1.88 bits per heavy atom. The molecule has 0 spiro atoms. The summed E-state index contributed by atoms with van der Waals surface area (Å²) in [5.74, 6) is 0.798. The Morgan fingerprint density at radius 3 is 2.69 bits per heavy atom. The summed E-state index contributed by atoms with van der Waals surface area (Å²) in [6, 6.07) is 12.7. The Labute approximate surface area is 159 Å². The van der Waals surface area contributed by atoms with Crippen LogP contribution in [0.5, 0.6) is 0 Å². The van der Waals surface area contributed by atoms with E-state index in [-0.39, 0.29) is 5.91 Å². The summed E-state index contributed by atoms with van der Waals surface area (Å²) < 4.78 is 0. The maximum Gasteiger partial charge on any atom is 0.233 e. The average Bonchev–Trinajstić information content (AvgIpc) is 3.15. The van der Waals surface area contributed by atoms with Gasteiger partial charge in [0, 0.05) is 43.8 Å². The SMILES string of the molecule is O=C(CSc1ccc2c(c1)CCC2)N1CCN(Cc2ccccn2)CC1. The lowest BCUT2D eigenvalue weighted by molar-refractivity contribution is -0.130. The van der Waals surface area contributed by atoms with Crippen LogP contribution in [0.2, 0.25) is 0 Å². The number of pyridine rings is 1. The minimum absolute atomic E-state index is 0.257. The number of nitrogens with zero attached hydrogens (tertiary/aromatic N) is 3. The van der Waals surface area contributed by atoms with E-state index < -0.39 is 0 Å². The minimum atomic E-state index is 0.257. The largest absolute Gasteiger partial charge is 0.339 e. The molecular weight excluding hydrogens is 342 g/mol. The standard InChI is InChI=1S/C21H25N3OS/c25-21(16-26-20-8-7-17-4-3-5-18(17)14-20)24-12-10-23(11-13-24)15-19-6-1-2-9-22-19/h1-2,6-9,14H,3-5,10-13,15-16H2. The van der Waals surface area contributed by atoms with Gasteiger partial charge in [0.25, 0.3) is 0 Å². The van der Waals surface area contributed by atoms with Crippen LogP contribution in [0.1, 0.15) is 23.2 Å². The summed E-state index contributed by atoms with van der Waals surface area (Å²) in [7, 11) is 0. The smallest absolute Gasteiger partial charge is 0.233 e. The molecule has 0 unspecified atom stereocenters. The molecule has 4 nitrogen and oxygen atoms in total. The van der Waals surface area contributed by atoms with Gasteiger partial charge in [-0.2, -0.15) is 0 Å². The lowest BCUT2D eigenvalue weighted by Gasteiger charge is -2.34. The molecular formula is C21H25N3OS. The van der Waals surface area contributed by atoms with Crippen molar-refractivity contribution < 1.29 is 4.79 Å². The van der Waals surface area contributed by atoms with Crippen molar-refractivity contribution in [2.75, 3.05) is 31.9 Å². The molecule has 1 aliphatic heterocycles. The van der Waals surface area contributed by atoms with Crippen LogP contribution in [0.25, 0.3) is 0 Å². The minimum Gasteiger partial charge on any atom is -0.339 e. The molecule has 2 heterocycles. The van der Waals surface area contributed by atoms with Gasteiger partial charge in [0.1, 0.15) is 0 Å². The maximum absolute atomic E-state index is 12.5. The molecule has 0 saturated carbocycles. The van der Waals surface area contributed by atoms with E-state index in [0.29, 0.717) is 5.75 Å². The van der Waals surface area contributed by atoms with Crippen LogP contribution in [-0.2, 0) is 24.2 Å². The number of hydrogen-bond donors (Lipinski definition) is 0. The van der Waals surface area contributed by atoms with E-state index in [2.05, 4.69) is 34.1 Å². The quantitative estimate of drug-likeness (QED) is 0.761. The summed E-state index contributed by atoms with van der Waals surface area (Å²) in [5.41, 5.74) is 4.06. The molecule has 5 heteroatoms. The third-order valence-corrected chi connectivity index (χ3v) is 6.25. The van der Waals surface area contributed by atoms with Gasteiger partial charge in [-0.15, -0.1) is 11.8 Å². The van der Waals surface area contributed by atoms with Crippen molar-refractivity contribution in [3.63, 3.8) is 0 Å². The van der Waals surface area contributed by atoms with E-state index in [9.17, 15) is 4.79 Å². The van der Waals surface area contributed by atoms with Gasteiger partial charge in [0.2, 0.25) is 5.91 Å². The zero-order chi connectivity index (χ0) is 17.8. The van der Waals surface area contributed by atoms with Crippen molar-refractivity contribution in [1.82, 2.24) is 14.8 Å². The summed E-state index contributed by atoms with van der Waals surface area (Å²) in [4.78, 5) is 22.5. The average molecular weight is 368 g/mol. The molecule has 2 aliphatic rings. The van der Waals surface area contributed by atoms with E-state index in [1.54, 1.807) is 11.8 Å². The first-order valence-corrected chi connectivity index (χ1v) is 10.4. The number of fused-ring (bicyclic) bond motifs is 1. The predicted octanol–water partition coefficient (Wildman–Crippen LogP) is 3.01.